The van der Waals surface area contributed by atoms with Crippen molar-refractivity contribution in [2.45, 2.75) is 25.2 Å². The molecule has 0 unspecified atom stereocenters. The third kappa shape index (κ3) is 6.29. The summed E-state index contributed by atoms with van der Waals surface area (Å²) in [6.45, 7) is 6.42. The van der Waals surface area contributed by atoms with Crippen molar-refractivity contribution in [3.8, 4) is 5.75 Å². The third-order valence-corrected chi connectivity index (χ3v) is 8.14. The molecule has 1 heterocycles. The fourth-order valence-electron chi connectivity index (χ4n) is 4.07. The molecule has 2 aromatic rings. The van der Waals surface area contributed by atoms with Crippen molar-refractivity contribution < 1.29 is 22.7 Å². The van der Waals surface area contributed by atoms with Crippen LogP contribution in [0.2, 0.25) is 0 Å². The van der Waals surface area contributed by atoms with E-state index in [2.05, 4.69) is 0 Å². The molecule has 9 heteroatoms. The van der Waals surface area contributed by atoms with Crippen LogP contribution in [-0.4, -0.2) is 80.7 Å². The van der Waals surface area contributed by atoms with E-state index in [9.17, 15) is 18.0 Å². The number of ether oxygens (including phenoxy) is 1. The van der Waals surface area contributed by atoms with Crippen LogP contribution >= 0.6 is 0 Å². The van der Waals surface area contributed by atoms with Gasteiger partial charge < -0.3 is 14.5 Å². The molecule has 0 bridgehead atoms. The van der Waals surface area contributed by atoms with E-state index in [1.165, 1.54) is 10.4 Å². The first-order chi connectivity index (χ1) is 16.8. The number of sulfonamides is 1. The second kappa shape index (κ2) is 12.0. The monoisotopic (exact) mass is 499 g/mol. The first kappa shape index (κ1) is 26.4. The van der Waals surface area contributed by atoms with Crippen molar-refractivity contribution in [1.82, 2.24) is 14.1 Å². The summed E-state index contributed by atoms with van der Waals surface area (Å²) in [5.41, 5.74) is 1.25. The van der Waals surface area contributed by atoms with E-state index in [4.69, 9.17) is 4.74 Å². The van der Waals surface area contributed by atoms with Crippen LogP contribution in [0.15, 0.2) is 59.5 Å². The second-order valence-electron chi connectivity index (χ2n) is 8.16. The Morgan fingerprint density at radius 3 is 2.23 bits per heavy atom. The van der Waals surface area contributed by atoms with Gasteiger partial charge in [-0.2, -0.15) is 4.31 Å². The molecule has 35 heavy (non-hydrogen) atoms. The van der Waals surface area contributed by atoms with Gasteiger partial charge in [0.1, 0.15) is 5.75 Å². The molecule has 8 nitrogen and oxygen atoms in total. The summed E-state index contributed by atoms with van der Waals surface area (Å²) in [4.78, 5) is 29.5. The number of nitrogens with zero attached hydrogens (tertiary/aromatic N) is 3. The number of carbonyl (C=O) groups excluding carboxylic acids is 2. The molecular formula is C26H33N3O5S. The van der Waals surface area contributed by atoms with Crippen LogP contribution in [0.3, 0.4) is 0 Å². The summed E-state index contributed by atoms with van der Waals surface area (Å²) in [5.74, 6) is 0.289. The molecule has 3 rings (SSSR count). The van der Waals surface area contributed by atoms with E-state index in [1.54, 1.807) is 79.3 Å². The van der Waals surface area contributed by atoms with Crippen molar-refractivity contribution in [1.29, 1.82) is 0 Å². The maximum atomic E-state index is 13.0. The lowest BCUT2D eigenvalue weighted by Crippen LogP contribution is -2.36. The Balaban J connectivity index is 1.61. The summed E-state index contributed by atoms with van der Waals surface area (Å²) in [6.07, 6.45) is 3.85. The lowest BCUT2D eigenvalue weighted by atomic mass is 10.1. The molecule has 1 fully saturated rings. The number of benzene rings is 2. The molecule has 0 N–H and O–H groups in total. The van der Waals surface area contributed by atoms with E-state index < -0.39 is 10.0 Å². The quantitative estimate of drug-likeness (QED) is 0.521. The minimum absolute atomic E-state index is 0.105. The highest BCUT2D eigenvalue weighted by molar-refractivity contribution is 7.89. The molecule has 0 saturated carbocycles. The first-order valence-electron chi connectivity index (χ1n) is 11.8. The van der Waals surface area contributed by atoms with Gasteiger partial charge >= 0.3 is 0 Å². The molecule has 2 aromatic carbocycles. The van der Waals surface area contributed by atoms with Crippen LogP contribution < -0.4 is 4.74 Å². The molecule has 2 amide bonds. The number of hydrogen-bond acceptors (Lipinski definition) is 5. The topological polar surface area (TPSA) is 87.2 Å². The summed E-state index contributed by atoms with van der Waals surface area (Å²) in [7, 11) is -1.97. The van der Waals surface area contributed by atoms with Crippen molar-refractivity contribution in [2.75, 3.05) is 46.4 Å². The van der Waals surface area contributed by atoms with E-state index in [0.29, 0.717) is 57.0 Å². The van der Waals surface area contributed by atoms with Gasteiger partial charge in [-0.3, -0.25) is 9.59 Å². The molecule has 1 aliphatic rings. The lowest BCUT2D eigenvalue weighted by Gasteiger charge is -2.22. The van der Waals surface area contributed by atoms with Gasteiger partial charge in [0.15, 0.2) is 0 Å². The minimum Gasteiger partial charge on any atom is -0.496 e. The number of carbonyl (C=O) groups is 2. The van der Waals surface area contributed by atoms with Crippen LogP contribution in [-0.2, 0) is 14.8 Å². The van der Waals surface area contributed by atoms with Gasteiger partial charge in [0.25, 0.3) is 5.91 Å². The van der Waals surface area contributed by atoms with Gasteiger partial charge in [-0.1, -0.05) is 38.1 Å². The standard InChI is InChI=1S/C26H33N3O5S/c1-4-29(5-2)35(32,33)22-14-11-21(12-15-22)13-16-25(30)27-17-8-18-28(20-19-27)26(31)23-9-6-7-10-24(23)34-3/h6-7,9-16H,4-5,8,17-20H2,1-3H3/b16-13+. The Morgan fingerprint density at radius 2 is 1.57 bits per heavy atom. The van der Waals surface area contributed by atoms with E-state index in [1.807, 2.05) is 6.07 Å². The van der Waals surface area contributed by atoms with Gasteiger partial charge in [-0.25, -0.2) is 8.42 Å². The average Bonchev–Trinajstić information content (AvgIpc) is 3.14. The molecule has 0 atom stereocenters. The predicted octanol–water partition coefficient (Wildman–Crippen LogP) is 3.11. The van der Waals surface area contributed by atoms with Gasteiger partial charge in [0.2, 0.25) is 15.9 Å². The normalized spacial score (nSPS) is 14.9. The highest BCUT2D eigenvalue weighted by atomic mass is 32.2. The van der Waals surface area contributed by atoms with Gasteiger partial charge in [-0.05, 0) is 42.3 Å². The smallest absolute Gasteiger partial charge is 0.257 e. The van der Waals surface area contributed by atoms with Gasteiger partial charge in [0.05, 0.1) is 17.6 Å². The Bertz CT molecular complexity index is 1160. The van der Waals surface area contributed by atoms with E-state index >= 15 is 0 Å². The average molecular weight is 500 g/mol. The summed E-state index contributed by atoms with van der Waals surface area (Å²) in [6, 6.07) is 13.6. The summed E-state index contributed by atoms with van der Waals surface area (Å²) < 4.78 is 32.0. The van der Waals surface area contributed by atoms with Crippen LogP contribution in [0.25, 0.3) is 6.08 Å². The Morgan fingerprint density at radius 1 is 0.943 bits per heavy atom. The molecule has 0 aromatic heterocycles. The fraction of sp³-hybridized carbons (Fsp3) is 0.385. The zero-order valence-electron chi connectivity index (χ0n) is 20.5. The molecular weight excluding hydrogens is 466 g/mol. The highest BCUT2D eigenvalue weighted by Crippen LogP contribution is 2.20. The van der Waals surface area contributed by atoms with E-state index in [0.717, 1.165) is 5.56 Å². The molecule has 1 saturated heterocycles. The van der Waals surface area contributed by atoms with Gasteiger partial charge in [-0.15, -0.1) is 0 Å². The maximum absolute atomic E-state index is 13.0. The zero-order valence-corrected chi connectivity index (χ0v) is 21.3. The lowest BCUT2D eigenvalue weighted by molar-refractivity contribution is -0.125. The van der Waals surface area contributed by atoms with E-state index in [-0.39, 0.29) is 16.7 Å². The predicted molar refractivity (Wildman–Crippen MR) is 136 cm³/mol. The largest absolute Gasteiger partial charge is 0.496 e. The molecule has 0 spiro atoms. The van der Waals surface area contributed by atoms with Gasteiger partial charge in [0, 0.05) is 45.3 Å². The molecule has 1 aliphatic heterocycles. The third-order valence-electron chi connectivity index (χ3n) is 6.07. The molecule has 188 valence electrons. The number of methoxy groups -OCH3 is 1. The zero-order chi connectivity index (χ0) is 25.4. The number of amides is 2. The fourth-order valence-corrected chi connectivity index (χ4v) is 5.53. The SMILES string of the molecule is CCN(CC)S(=O)(=O)c1ccc(/C=C/C(=O)N2CCCN(C(=O)c3ccccc3OC)CC2)cc1. The van der Waals surface area contributed by atoms with Crippen LogP contribution in [0.4, 0.5) is 0 Å². The number of rotatable bonds is 8. The van der Waals surface area contributed by atoms with Crippen molar-refractivity contribution in [2.24, 2.45) is 0 Å². The summed E-state index contributed by atoms with van der Waals surface area (Å²) in [5, 5.41) is 0. The van der Waals surface area contributed by atoms with Crippen molar-refractivity contribution >= 4 is 27.9 Å². The minimum atomic E-state index is -3.51. The Labute approximate surface area is 207 Å². The van der Waals surface area contributed by atoms with Crippen molar-refractivity contribution in [3.63, 3.8) is 0 Å². The first-order valence-corrected chi connectivity index (χ1v) is 13.2. The second-order valence-corrected chi connectivity index (χ2v) is 10.1. The number of hydrogen-bond donors (Lipinski definition) is 0. The molecule has 0 radical (unpaired) electrons. The Kier molecular flexibility index (Phi) is 9.06. The van der Waals surface area contributed by atoms with Crippen LogP contribution in [0.1, 0.15) is 36.2 Å². The molecule has 0 aliphatic carbocycles. The maximum Gasteiger partial charge on any atom is 0.257 e. The van der Waals surface area contributed by atoms with Crippen LogP contribution in [0, 0.1) is 0 Å². The summed E-state index contributed by atoms with van der Waals surface area (Å²) >= 11 is 0. The highest BCUT2D eigenvalue weighted by Gasteiger charge is 2.24. The van der Waals surface area contributed by atoms with Crippen molar-refractivity contribution in [3.05, 3.63) is 65.7 Å². The number of para-hydroxylation sites is 1. The Hall–Kier alpha value is -3.17. The van der Waals surface area contributed by atoms with Crippen LogP contribution in [0.5, 0.6) is 5.75 Å².